The standard InChI is InChI=1S/C23H29N5OS/c1-23(2,3)28-12-10-17(11-13-28)27(4)22(29)19-15-30-21(25-19)18-14-24-26-20(18)16-8-6-5-7-9-16/h5-9,14-15,17H,10-13H2,1-4H3,(H,24,26). The predicted octanol–water partition coefficient (Wildman–Crippen LogP) is 4.54. The number of carbonyl (C=O) groups is 1. The van der Waals surface area contributed by atoms with E-state index in [1.807, 2.05) is 47.7 Å². The van der Waals surface area contributed by atoms with Gasteiger partial charge >= 0.3 is 0 Å². The van der Waals surface area contributed by atoms with Crippen LogP contribution in [-0.2, 0) is 0 Å². The van der Waals surface area contributed by atoms with Crippen LogP contribution >= 0.6 is 11.3 Å². The molecule has 6 nitrogen and oxygen atoms in total. The van der Waals surface area contributed by atoms with Crippen molar-refractivity contribution in [3.05, 3.63) is 47.6 Å². The Balaban J connectivity index is 1.47. The van der Waals surface area contributed by atoms with E-state index in [0.717, 1.165) is 47.8 Å². The van der Waals surface area contributed by atoms with Crippen molar-refractivity contribution in [2.45, 2.75) is 45.2 Å². The molecule has 1 aliphatic heterocycles. The number of nitrogens with zero attached hydrogens (tertiary/aromatic N) is 4. The summed E-state index contributed by atoms with van der Waals surface area (Å²) in [4.78, 5) is 22.1. The van der Waals surface area contributed by atoms with E-state index in [9.17, 15) is 4.79 Å². The number of rotatable bonds is 4. The molecule has 1 amide bonds. The number of nitrogens with one attached hydrogen (secondary N) is 1. The molecule has 7 heteroatoms. The van der Waals surface area contributed by atoms with Gasteiger partial charge in [0.25, 0.3) is 5.91 Å². The molecule has 1 aliphatic rings. The van der Waals surface area contributed by atoms with Crippen molar-refractivity contribution in [1.82, 2.24) is 25.0 Å². The molecule has 0 bridgehead atoms. The lowest BCUT2D eigenvalue weighted by Gasteiger charge is -2.42. The fraction of sp³-hybridized carbons (Fsp3) is 0.435. The molecular formula is C23H29N5OS. The normalized spacial score (nSPS) is 16.0. The third-order valence-electron chi connectivity index (χ3n) is 5.94. The van der Waals surface area contributed by atoms with Gasteiger partial charge in [-0.2, -0.15) is 5.10 Å². The number of aromatic nitrogens is 3. The van der Waals surface area contributed by atoms with Gasteiger partial charge in [-0.15, -0.1) is 11.3 Å². The van der Waals surface area contributed by atoms with E-state index in [-0.39, 0.29) is 17.5 Å². The zero-order valence-corrected chi connectivity index (χ0v) is 18.9. The van der Waals surface area contributed by atoms with Crippen molar-refractivity contribution < 1.29 is 4.79 Å². The predicted molar refractivity (Wildman–Crippen MR) is 122 cm³/mol. The first-order chi connectivity index (χ1) is 14.3. The number of likely N-dealkylation sites (tertiary alicyclic amines) is 1. The Morgan fingerprint density at radius 1 is 1.20 bits per heavy atom. The van der Waals surface area contributed by atoms with Crippen LogP contribution in [0, 0.1) is 0 Å². The van der Waals surface area contributed by atoms with Crippen LogP contribution in [0.3, 0.4) is 0 Å². The van der Waals surface area contributed by atoms with Crippen LogP contribution in [0.25, 0.3) is 21.8 Å². The summed E-state index contributed by atoms with van der Waals surface area (Å²) in [5.74, 6) is -0.00327. The lowest BCUT2D eigenvalue weighted by molar-refractivity contribution is 0.0496. The number of aromatic amines is 1. The SMILES string of the molecule is CN(C(=O)c1csc(-c2cn[nH]c2-c2ccccc2)n1)C1CCN(C(C)(C)C)CC1. The Labute approximate surface area is 181 Å². The first-order valence-corrected chi connectivity index (χ1v) is 11.3. The minimum atomic E-state index is -0.00327. The molecule has 0 saturated carbocycles. The average Bonchev–Trinajstić information content (AvgIpc) is 3.42. The monoisotopic (exact) mass is 423 g/mol. The number of hydrogen-bond acceptors (Lipinski definition) is 5. The molecule has 0 radical (unpaired) electrons. The van der Waals surface area contributed by atoms with Gasteiger partial charge in [0, 0.05) is 42.7 Å². The molecule has 0 unspecified atom stereocenters. The Bertz CT molecular complexity index is 996. The zero-order chi connectivity index (χ0) is 21.3. The smallest absolute Gasteiger partial charge is 0.273 e. The number of hydrogen-bond donors (Lipinski definition) is 1. The van der Waals surface area contributed by atoms with Gasteiger partial charge < -0.3 is 4.90 Å². The maximum Gasteiger partial charge on any atom is 0.273 e. The van der Waals surface area contributed by atoms with E-state index in [1.165, 1.54) is 11.3 Å². The van der Waals surface area contributed by atoms with Gasteiger partial charge in [0.1, 0.15) is 10.7 Å². The van der Waals surface area contributed by atoms with E-state index in [2.05, 4.69) is 40.9 Å². The summed E-state index contributed by atoms with van der Waals surface area (Å²) in [5, 5.41) is 9.94. The topological polar surface area (TPSA) is 65.1 Å². The molecule has 3 heterocycles. The third kappa shape index (κ3) is 4.18. The minimum Gasteiger partial charge on any atom is -0.337 e. The Hall–Kier alpha value is -2.51. The summed E-state index contributed by atoms with van der Waals surface area (Å²) < 4.78 is 0. The molecule has 4 rings (SSSR count). The summed E-state index contributed by atoms with van der Waals surface area (Å²) in [6.45, 7) is 8.78. The fourth-order valence-corrected chi connectivity index (χ4v) is 4.85. The Morgan fingerprint density at radius 2 is 1.90 bits per heavy atom. The fourth-order valence-electron chi connectivity index (χ4n) is 4.04. The highest BCUT2D eigenvalue weighted by Crippen LogP contribution is 2.32. The van der Waals surface area contributed by atoms with Crippen molar-refractivity contribution in [3.8, 4) is 21.8 Å². The maximum atomic E-state index is 13.1. The molecule has 0 atom stereocenters. The summed E-state index contributed by atoms with van der Waals surface area (Å²) in [5.41, 5.74) is 3.59. The van der Waals surface area contributed by atoms with Crippen LogP contribution in [0.15, 0.2) is 41.9 Å². The van der Waals surface area contributed by atoms with E-state index in [1.54, 1.807) is 6.20 Å². The van der Waals surface area contributed by atoms with Crippen LogP contribution in [0.4, 0.5) is 0 Å². The highest BCUT2D eigenvalue weighted by atomic mass is 32.1. The van der Waals surface area contributed by atoms with Gasteiger partial charge in [-0.25, -0.2) is 4.98 Å². The second-order valence-electron chi connectivity index (χ2n) is 8.87. The van der Waals surface area contributed by atoms with Crippen LogP contribution in [0.1, 0.15) is 44.1 Å². The van der Waals surface area contributed by atoms with Crippen molar-refractivity contribution >= 4 is 17.2 Å². The summed E-state index contributed by atoms with van der Waals surface area (Å²) in [6.07, 6.45) is 3.77. The molecule has 1 saturated heterocycles. The summed E-state index contributed by atoms with van der Waals surface area (Å²) >= 11 is 1.49. The first kappa shape index (κ1) is 20.8. The maximum absolute atomic E-state index is 13.1. The van der Waals surface area contributed by atoms with Crippen molar-refractivity contribution in [3.63, 3.8) is 0 Å². The number of piperidine rings is 1. The average molecular weight is 424 g/mol. The Morgan fingerprint density at radius 3 is 2.57 bits per heavy atom. The zero-order valence-electron chi connectivity index (χ0n) is 18.1. The highest BCUT2D eigenvalue weighted by Gasteiger charge is 2.31. The van der Waals surface area contributed by atoms with E-state index >= 15 is 0 Å². The number of thiazole rings is 1. The molecule has 1 aromatic carbocycles. The van der Waals surface area contributed by atoms with Crippen LogP contribution in [-0.4, -0.2) is 62.6 Å². The van der Waals surface area contributed by atoms with Crippen LogP contribution < -0.4 is 0 Å². The van der Waals surface area contributed by atoms with Gasteiger partial charge in [-0.1, -0.05) is 30.3 Å². The van der Waals surface area contributed by atoms with Gasteiger partial charge in [0.2, 0.25) is 0 Å². The second kappa shape index (κ2) is 8.32. The molecule has 0 spiro atoms. The highest BCUT2D eigenvalue weighted by molar-refractivity contribution is 7.13. The lowest BCUT2D eigenvalue weighted by Crippen LogP contribution is -2.51. The molecule has 158 valence electrons. The Kier molecular flexibility index (Phi) is 5.75. The van der Waals surface area contributed by atoms with Gasteiger partial charge in [-0.05, 0) is 33.6 Å². The minimum absolute atomic E-state index is 0.00327. The van der Waals surface area contributed by atoms with Gasteiger partial charge in [0.05, 0.1) is 17.5 Å². The molecule has 30 heavy (non-hydrogen) atoms. The van der Waals surface area contributed by atoms with E-state index in [0.29, 0.717) is 5.69 Å². The molecular weight excluding hydrogens is 394 g/mol. The number of H-pyrrole nitrogens is 1. The summed E-state index contributed by atoms with van der Waals surface area (Å²) in [7, 11) is 1.91. The van der Waals surface area contributed by atoms with Crippen LogP contribution in [0.2, 0.25) is 0 Å². The van der Waals surface area contributed by atoms with Crippen molar-refractivity contribution in [1.29, 1.82) is 0 Å². The van der Waals surface area contributed by atoms with Gasteiger partial charge in [-0.3, -0.25) is 14.8 Å². The third-order valence-corrected chi connectivity index (χ3v) is 6.81. The van der Waals surface area contributed by atoms with E-state index in [4.69, 9.17) is 0 Å². The molecule has 1 N–H and O–H groups in total. The van der Waals surface area contributed by atoms with Crippen molar-refractivity contribution in [2.75, 3.05) is 20.1 Å². The molecule has 1 fully saturated rings. The lowest BCUT2D eigenvalue weighted by atomic mass is 9.97. The van der Waals surface area contributed by atoms with Crippen LogP contribution in [0.5, 0.6) is 0 Å². The second-order valence-corrected chi connectivity index (χ2v) is 9.73. The number of benzene rings is 1. The molecule has 2 aromatic heterocycles. The number of amides is 1. The quantitative estimate of drug-likeness (QED) is 0.669. The van der Waals surface area contributed by atoms with Crippen molar-refractivity contribution in [2.24, 2.45) is 0 Å². The first-order valence-electron chi connectivity index (χ1n) is 10.4. The van der Waals surface area contributed by atoms with E-state index < -0.39 is 0 Å². The molecule has 0 aliphatic carbocycles. The number of carbonyl (C=O) groups excluding carboxylic acids is 1. The molecule has 3 aromatic rings. The van der Waals surface area contributed by atoms with Gasteiger partial charge in [0.15, 0.2) is 0 Å². The largest absolute Gasteiger partial charge is 0.337 e. The summed E-state index contributed by atoms with van der Waals surface area (Å²) in [6, 6.07) is 10.3.